The van der Waals surface area contributed by atoms with Crippen LogP contribution < -0.4 is 15.4 Å². The molecule has 0 spiro atoms. The molecular weight excluding hydrogens is 284 g/mol. The molecule has 2 N–H and O–H groups in total. The van der Waals surface area contributed by atoms with Gasteiger partial charge in [-0.2, -0.15) is 0 Å². The highest BCUT2D eigenvalue weighted by Gasteiger charge is 2.24. The first kappa shape index (κ1) is 13.8. The number of benzene rings is 2. The van der Waals surface area contributed by atoms with Crippen molar-refractivity contribution in [3.63, 3.8) is 0 Å². The standard InChI is InChI=1S/C16H16N2O2S/c1-20-13-9-10(7-8-14(13)21-2)15-17-12-6-4-3-5-11(12)16(19)18-15/h3-9,15,17H,1-2H3,(H,18,19)/t15-/m1/s1. The Morgan fingerprint density at radius 1 is 1.14 bits per heavy atom. The molecule has 0 fully saturated rings. The van der Waals surface area contributed by atoms with Crippen molar-refractivity contribution >= 4 is 23.4 Å². The molecule has 0 unspecified atom stereocenters. The van der Waals surface area contributed by atoms with Gasteiger partial charge in [0.1, 0.15) is 11.9 Å². The molecule has 0 saturated carbocycles. The maximum Gasteiger partial charge on any atom is 0.255 e. The van der Waals surface area contributed by atoms with Gasteiger partial charge >= 0.3 is 0 Å². The molecule has 0 aromatic heterocycles. The lowest BCUT2D eigenvalue weighted by molar-refractivity contribution is 0.0935. The number of rotatable bonds is 3. The van der Waals surface area contributed by atoms with Crippen molar-refractivity contribution in [2.75, 3.05) is 18.7 Å². The molecule has 0 saturated heterocycles. The molecular formula is C16H16N2O2S. The fourth-order valence-electron chi connectivity index (χ4n) is 2.41. The number of carbonyl (C=O) groups is 1. The molecule has 0 aliphatic carbocycles. The van der Waals surface area contributed by atoms with Crippen LogP contribution in [0.2, 0.25) is 0 Å². The summed E-state index contributed by atoms with van der Waals surface area (Å²) < 4.78 is 5.40. The Morgan fingerprint density at radius 3 is 2.71 bits per heavy atom. The second kappa shape index (κ2) is 5.69. The van der Waals surface area contributed by atoms with E-state index in [0.29, 0.717) is 5.56 Å². The van der Waals surface area contributed by atoms with Crippen LogP contribution in [0.4, 0.5) is 5.69 Å². The Bertz CT molecular complexity index is 688. The van der Waals surface area contributed by atoms with Gasteiger partial charge in [-0.1, -0.05) is 18.2 Å². The van der Waals surface area contributed by atoms with Crippen LogP contribution in [0.1, 0.15) is 22.1 Å². The van der Waals surface area contributed by atoms with Gasteiger partial charge in [0.15, 0.2) is 0 Å². The smallest absolute Gasteiger partial charge is 0.255 e. The molecule has 0 radical (unpaired) electrons. The minimum Gasteiger partial charge on any atom is -0.496 e. The number of methoxy groups -OCH3 is 1. The minimum atomic E-state index is -0.253. The number of anilines is 1. The van der Waals surface area contributed by atoms with Crippen LogP contribution in [-0.4, -0.2) is 19.3 Å². The molecule has 3 rings (SSSR count). The lowest BCUT2D eigenvalue weighted by Gasteiger charge is -2.28. The first-order chi connectivity index (χ1) is 10.2. The second-order valence-electron chi connectivity index (χ2n) is 4.71. The Labute approximate surface area is 127 Å². The Kier molecular flexibility index (Phi) is 3.75. The largest absolute Gasteiger partial charge is 0.496 e. The quantitative estimate of drug-likeness (QED) is 0.854. The third-order valence-corrected chi connectivity index (χ3v) is 4.26. The highest BCUT2D eigenvalue weighted by molar-refractivity contribution is 7.98. The highest BCUT2D eigenvalue weighted by atomic mass is 32.2. The van der Waals surface area contributed by atoms with Gasteiger partial charge in [-0.15, -0.1) is 11.8 Å². The molecule has 2 aromatic rings. The summed E-state index contributed by atoms with van der Waals surface area (Å²) in [5.74, 6) is 0.747. The average Bonchev–Trinajstić information content (AvgIpc) is 2.54. The van der Waals surface area contributed by atoms with E-state index in [4.69, 9.17) is 4.74 Å². The molecule has 108 valence electrons. The van der Waals surface area contributed by atoms with Crippen LogP contribution in [-0.2, 0) is 0 Å². The van der Waals surface area contributed by atoms with Crippen molar-refractivity contribution in [1.82, 2.24) is 5.32 Å². The molecule has 5 heteroatoms. The van der Waals surface area contributed by atoms with Gasteiger partial charge in [0.25, 0.3) is 5.91 Å². The monoisotopic (exact) mass is 300 g/mol. The fourth-order valence-corrected chi connectivity index (χ4v) is 2.95. The van der Waals surface area contributed by atoms with Gasteiger partial charge in [0, 0.05) is 10.6 Å². The van der Waals surface area contributed by atoms with E-state index in [2.05, 4.69) is 10.6 Å². The highest BCUT2D eigenvalue weighted by Crippen LogP contribution is 2.32. The summed E-state index contributed by atoms with van der Waals surface area (Å²) in [7, 11) is 1.65. The van der Waals surface area contributed by atoms with E-state index in [-0.39, 0.29) is 12.1 Å². The number of ether oxygens (including phenoxy) is 1. The normalized spacial score (nSPS) is 16.7. The zero-order valence-electron chi connectivity index (χ0n) is 11.8. The number of carbonyl (C=O) groups excluding carboxylic acids is 1. The van der Waals surface area contributed by atoms with Crippen molar-refractivity contribution in [1.29, 1.82) is 0 Å². The minimum absolute atomic E-state index is 0.0674. The van der Waals surface area contributed by atoms with Gasteiger partial charge < -0.3 is 15.4 Å². The van der Waals surface area contributed by atoms with Crippen LogP contribution in [0.3, 0.4) is 0 Å². The molecule has 1 heterocycles. The van der Waals surface area contributed by atoms with E-state index in [1.54, 1.807) is 18.9 Å². The number of hydrogen-bond acceptors (Lipinski definition) is 4. The summed E-state index contributed by atoms with van der Waals surface area (Å²) in [6.07, 6.45) is 1.76. The van der Waals surface area contributed by atoms with E-state index >= 15 is 0 Å². The number of para-hydroxylation sites is 1. The van der Waals surface area contributed by atoms with Gasteiger partial charge in [0.2, 0.25) is 0 Å². The Morgan fingerprint density at radius 2 is 1.95 bits per heavy atom. The Balaban J connectivity index is 1.94. The lowest BCUT2D eigenvalue weighted by Crippen LogP contribution is -2.38. The van der Waals surface area contributed by atoms with Crippen molar-refractivity contribution in [3.05, 3.63) is 53.6 Å². The van der Waals surface area contributed by atoms with Crippen LogP contribution >= 0.6 is 11.8 Å². The summed E-state index contributed by atoms with van der Waals surface area (Å²) in [6, 6.07) is 13.5. The van der Waals surface area contributed by atoms with Gasteiger partial charge in [-0.25, -0.2) is 0 Å². The van der Waals surface area contributed by atoms with E-state index in [9.17, 15) is 4.79 Å². The zero-order valence-corrected chi connectivity index (χ0v) is 12.7. The van der Waals surface area contributed by atoms with Crippen LogP contribution in [0, 0.1) is 0 Å². The summed E-state index contributed by atoms with van der Waals surface area (Å²) in [5.41, 5.74) is 2.48. The SMILES string of the molecule is COc1cc([C@H]2NC(=O)c3ccccc3N2)ccc1SC. The van der Waals surface area contributed by atoms with Crippen LogP contribution in [0.25, 0.3) is 0 Å². The Hall–Kier alpha value is -2.14. The van der Waals surface area contributed by atoms with E-state index in [1.165, 1.54) is 0 Å². The predicted octanol–water partition coefficient (Wildman–Crippen LogP) is 3.27. The third-order valence-electron chi connectivity index (χ3n) is 3.49. The van der Waals surface area contributed by atoms with Crippen LogP contribution in [0.15, 0.2) is 47.4 Å². The van der Waals surface area contributed by atoms with Crippen molar-refractivity contribution in [2.45, 2.75) is 11.1 Å². The molecule has 1 atom stereocenters. The van der Waals surface area contributed by atoms with Gasteiger partial charge in [-0.3, -0.25) is 4.79 Å². The van der Waals surface area contributed by atoms with Gasteiger partial charge in [-0.05, 0) is 36.1 Å². The molecule has 2 aromatic carbocycles. The maximum atomic E-state index is 12.2. The molecule has 0 bridgehead atoms. The van der Waals surface area contributed by atoms with Crippen molar-refractivity contribution in [3.8, 4) is 5.75 Å². The molecule has 21 heavy (non-hydrogen) atoms. The van der Waals surface area contributed by atoms with E-state index in [1.807, 2.05) is 48.7 Å². The zero-order chi connectivity index (χ0) is 14.8. The van der Waals surface area contributed by atoms with Crippen molar-refractivity contribution in [2.24, 2.45) is 0 Å². The average molecular weight is 300 g/mol. The number of nitrogens with one attached hydrogen (secondary N) is 2. The summed E-state index contributed by atoms with van der Waals surface area (Å²) in [4.78, 5) is 13.2. The van der Waals surface area contributed by atoms with E-state index < -0.39 is 0 Å². The second-order valence-corrected chi connectivity index (χ2v) is 5.56. The fraction of sp³-hybridized carbons (Fsp3) is 0.188. The molecule has 1 aliphatic rings. The number of fused-ring (bicyclic) bond motifs is 1. The first-order valence-corrected chi connectivity index (χ1v) is 7.84. The predicted molar refractivity (Wildman–Crippen MR) is 85.0 cm³/mol. The topological polar surface area (TPSA) is 50.4 Å². The first-order valence-electron chi connectivity index (χ1n) is 6.61. The number of amides is 1. The summed E-state index contributed by atoms with van der Waals surface area (Å²) in [5, 5.41) is 6.30. The summed E-state index contributed by atoms with van der Waals surface area (Å²) in [6.45, 7) is 0. The number of thioether (sulfide) groups is 1. The molecule has 4 nitrogen and oxygen atoms in total. The van der Waals surface area contributed by atoms with E-state index in [0.717, 1.165) is 21.9 Å². The number of hydrogen-bond donors (Lipinski definition) is 2. The third kappa shape index (κ3) is 2.56. The molecule has 1 amide bonds. The summed E-state index contributed by atoms with van der Waals surface area (Å²) >= 11 is 1.63. The van der Waals surface area contributed by atoms with Gasteiger partial charge in [0.05, 0.1) is 12.7 Å². The van der Waals surface area contributed by atoms with Crippen LogP contribution in [0.5, 0.6) is 5.75 Å². The molecule has 1 aliphatic heterocycles. The van der Waals surface area contributed by atoms with Crippen molar-refractivity contribution < 1.29 is 9.53 Å². The lowest BCUT2D eigenvalue weighted by atomic mass is 10.1. The maximum absolute atomic E-state index is 12.2.